The molecule has 0 bridgehead atoms. The van der Waals surface area contributed by atoms with Crippen LogP contribution in [0.25, 0.3) is 0 Å². The SMILES string of the molecule is CC(C)CNCc1ccccc1OCC1CCCCO1. The zero-order valence-electron chi connectivity index (χ0n) is 12.7. The first-order chi connectivity index (χ1) is 9.75. The lowest BCUT2D eigenvalue weighted by Gasteiger charge is -2.23. The van der Waals surface area contributed by atoms with Crippen molar-refractivity contribution in [3.05, 3.63) is 29.8 Å². The highest BCUT2D eigenvalue weighted by Gasteiger charge is 2.15. The molecular formula is C17H27NO2. The number of rotatable bonds is 7. The van der Waals surface area contributed by atoms with Crippen LogP contribution in [0.1, 0.15) is 38.7 Å². The molecule has 2 rings (SSSR count). The molecular weight excluding hydrogens is 250 g/mol. The lowest BCUT2D eigenvalue weighted by atomic mass is 10.1. The molecule has 0 aromatic heterocycles. The summed E-state index contributed by atoms with van der Waals surface area (Å²) < 4.78 is 11.7. The summed E-state index contributed by atoms with van der Waals surface area (Å²) >= 11 is 0. The Labute approximate surface area is 122 Å². The predicted octanol–water partition coefficient (Wildman–Crippen LogP) is 3.38. The largest absolute Gasteiger partial charge is 0.491 e. The summed E-state index contributed by atoms with van der Waals surface area (Å²) in [6.45, 7) is 7.87. The minimum atomic E-state index is 0.264. The third-order valence-corrected chi connectivity index (χ3v) is 3.54. The standard InChI is InChI=1S/C17H27NO2/c1-14(2)11-18-12-15-7-3-4-9-17(15)20-13-16-8-5-6-10-19-16/h3-4,7,9,14,16,18H,5-6,8,10-13H2,1-2H3. The minimum Gasteiger partial charge on any atom is -0.491 e. The van der Waals surface area contributed by atoms with Gasteiger partial charge in [0.05, 0.1) is 6.10 Å². The van der Waals surface area contributed by atoms with Gasteiger partial charge in [-0.05, 0) is 37.8 Å². The number of ether oxygens (including phenoxy) is 2. The van der Waals surface area contributed by atoms with Crippen LogP contribution in [0.15, 0.2) is 24.3 Å². The highest BCUT2D eigenvalue weighted by Crippen LogP contribution is 2.20. The molecule has 1 saturated heterocycles. The fourth-order valence-electron chi connectivity index (χ4n) is 2.41. The van der Waals surface area contributed by atoms with Gasteiger partial charge in [0, 0.05) is 18.7 Å². The summed E-state index contributed by atoms with van der Waals surface area (Å²) in [7, 11) is 0. The molecule has 1 heterocycles. The number of nitrogens with one attached hydrogen (secondary N) is 1. The summed E-state index contributed by atoms with van der Waals surface area (Å²) in [5, 5.41) is 3.47. The fourth-order valence-corrected chi connectivity index (χ4v) is 2.41. The van der Waals surface area contributed by atoms with E-state index in [9.17, 15) is 0 Å². The van der Waals surface area contributed by atoms with E-state index in [1.807, 2.05) is 6.07 Å². The van der Waals surface area contributed by atoms with Gasteiger partial charge in [0.2, 0.25) is 0 Å². The molecule has 3 nitrogen and oxygen atoms in total. The van der Waals surface area contributed by atoms with Crippen LogP contribution in [0, 0.1) is 5.92 Å². The van der Waals surface area contributed by atoms with E-state index in [2.05, 4.69) is 37.4 Å². The van der Waals surface area contributed by atoms with Crippen LogP contribution in [0.2, 0.25) is 0 Å². The average Bonchev–Trinajstić information content (AvgIpc) is 2.47. The fraction of sp³-hybridized carbons (Fsp3) is 0.647. The second-order valence-corrected chi connectivity index (χ2v) is 5.93. The molecule has 1 aliphatic rings. The van der Waals surface area contributed by atoms with Gasteiger partial charge in [-0.3, -0.25) is 0 Å². The quantitative estimate of drug-likeness (QED) is 0.829. The molecule has 1 aliphatic heterocycles. The van der Waals surface area contributed by atoms with E-state index < -0.39 is 0 Å². The maximum atomic E-state index is 5.97. The van der Waals surface area contributed by atoms with Crippen molar-refractivity contribution in [2.45, 2.75) is 45.8 Å². The topological polar surface area (TPSA) is 30.5 Å². The molecule has 0 aliphatic carbocycles. The molecule has 1 aromatic carbocycles. The first-order valence-corrected chi connectivity index (χ1v) is 7.78. The Morgan fingerprint density at radius 1 is 1.30 bits per heavy atom. The van der Waals surface area contributed by atoms with Crippen molar-refractivity contribution in [1.29, 1.82) is 0 Å². The van der Waals surface area contributed by atoms with Gasteiger partial charge in [-0.2, -0.15) is 0 Å². The molecule has 1 atom stereocenters. The van der Waals surface area contributed by atoms with Gasteiger partial charge in [-0.15, -0.1) is 0 Å². The van der Waals surface area contributed by atoms with E-state index in [0.717, 1.165) is 31.9 Å². The lowest BCUT2D eigenvalue weighted by molar-refractivity contribution is -0.0112. The molecule has 3 heteroatoms. The third-order valence-electron chi connectivity index (χ3n) is 3.54. The Morgan fingerprint density at radius 2 is 2.15 bits per heavy atom. The first-order valence-electron chi connectivity index (χ1n) is 7.78. The monoisotopic (exact) mass is 277 g/mol. The molecule has 0 amide bonds. The van der Waals surface area contributed by atoms with Crippen molar-refractivity contribution in [2.75, 3.05) is 19.8 Å². The van der Waals surface area contributed by atoms with Gasteiger partial charge < -0.3 is 14.8 Å². The van der Waals surface area contributed by atoms with Crippen molar-refractivity contribution < 1.29 is 9.47 Å². The summed E-state index contributed by atoms with van der Waals surface area (Å²) in [5.74, 6) is 1.65. The Balaban J connectivity index is 1.83. The number of hydrogen-bond donors (Lipinski definition) is 1. The van der Waals surface area contributed by atoms with Crippen LogP contribution in [0.3, 0.4) is 0 Å². The summed E-state index contributed by atoms with van der Waals surface area (Å²) in [4.78, 5) is 0. The number of para-hydroxylation sites is 1. The van der Waals surface area contributed by atoms with E-state index in [1.165, 1.54) is 18.4 Å². The van der Waals surface area contributed by atoms with Crippen molar-refractivity contribution in [1.82, 2.24) is 5.32 Å². The molecule has 0 radical (unpaired) electrons. The van der Waals surface area contributed by atoms with Gasteiger partial charge in [-0.25, -0.2) is 0 Å². The van der Waals surface area contributed by atoms with Crippen molar-refractivity contribution >= 4 is 0 Å². The highest BCUT2D eigenvalue weighted by atomic mass is 16.5. The van der Waals surface area contributed by atoms with E-state index in [4.69, 9.17) is 9.47 Å². The Kier molecular flexibility index (Phi) is 6.34. The predicted molar refractivity (Wildman–Crippen MR) is 82.1 cm³/mol. The van der Waals surface area contributed by atoms with E-state index >= 15 is 0 Å². The first kappa shape index (κ1) is 15.3. The summed E-state index contributed by atoms with van der Waals surface area (Å²) in [6, 6.07) is 8.28. The molecule has 112 valence electrons. The van der Waals surface area contributed by atoms with E-state index in [0.29, 0.717) is 12.5 Å². The maximum Gasteiger partial charge on any atom is 0.123 e. The Hall–Kier alpha value is -1.06. The van der Waals surface area contributed by atoms with Crippen LogP contribution in [0.4, 0.5) is 0 Å². The van der Waals surface area contributed by atoms with Gasteiger partial charge in [0.1, 0.15) is 12.4 Å². The summed E-state index contributed by atoms with van der Waals surface area (Å²) in [5.41, 5.74) is 1.23. The molecule has 20 heavy (non-hydrogen) atoms. The molecule has 0 spiro atoms. The molecule has 0 saturated carbocycles. The van der Waals surface area contributed by atoms with E-state index in [1.54, 1.807) is 0 Å². The van der Waals surface area contributed by atoms with Gasteiger partial charge >= 0.3 is 0 Å². The van der Waals surface area contributed by atoms with Gasteiger partial charge in [0.25, 0.3) is 0 Å². The summed E-state index contributed by atoms with van der Waals surface area (Å²) in [6.07, 6.45) is 3.83. The molecule has 1 aromatic rings. The van der Waals surface area contributed by atoms with Gasteiger partial charge in [0.15, 0.2) is 0 Å². The van der Waals surface area contributed by atoms with Crippen LogP contribution in [-0.2, 0) is 11.3 Å². The number of benzene rings is 1. The van der Waals surface area contributed by atoms with Crippen LogP contribution >= 0.6 is 0 Å². The average molecular weight is 277 g/mol. The van der Waals surface area contributed by atoms with Crippen molar-refractivity contribution in [3.63, 3.8) is 0 Å². The van der Waals surface area contributed by atoms with Crippen molar-refractivity contribution in [2.24, 2.45) is 5.92 Å². The second kappa shape index (κ2) is 8.28. The molecule has 1 N–H and O–H groups in total. The smallest absolute Gasteiger partial charge is 0.123 e. The zero-order chi connectivity index (χ0) is 14.2. The highest BCUT2D eigenvalue weighted by molar-refractivity contribution is 5.33. The molecule has 1 fully saturated rings. The second-order valence-electron chi connectivity index (χ2n) is 5.93. The lowest BCUT2D eigenvalue weighted by Crippen LogP contribution is -2.26. The normalized spacial score (nSPS) is 19.2. The van der Waals surface area contributed by atoms with Crippen LogP contribution in [-0.4, -0.2) is 25.9 Å². The minimum absolute atomic E-state index is 0.264. The van der Waals surface area contributed by atoms with Crippen LogP contribution < -0.4 is 10.1 Å². The van der Waals surface area contributed by atoms with E-state index in [-0.39, 0.29) is 6.10 Å². The zero-order valence-corrected chi connectivity index (χ0v) is 12.7. The Bertz CT molecular complexity index is 386. The Morgan fingerprint density at radius 3 is 2.90 bits per heavy atom. The van der Waals surface area contributed by atoms with Crippen LogP contribution in [0.5, 0.6) is 5.75 Å². The number of hydrogen-bond acceptors (Lipinski definition) is 3. The van der Waals surface area contributed by atoms with Crippen molar-refractivity contribution in [3.8, 4) is 5.75 Å². The third kappa shape index (κ3) is 5.14. The van der Waals surface area contributed by atoms with Gasteiger partial charge in [-0.1, -0.05) is 32.0 Å². The maximum absolute atomic E-state index is 5.97. The molecule has 1 unspecified atom stereocenters.